The van der Waals surface area contributed by atoms with Crippen molar-refractivity contribution in [3.8, 4) is 5.69 Å². The van der Waals surface area contributed by atoms with E-state index in [1.165, 1.54) is 0 Å². The Hall–Kier alpha value is -2.28. The van der Waals surface area contributed by atoms with E-state index in [1.807, 2.05) is 12.1 Å². The van der Waals surface area contributed by atoms with Crippen LogP contribution in [-0.2, 0) is 10.3 Å². The van der Waals surface area contributed by atoms with Crippen LogP contribution in [0.25, 0.3) is 5.69 Å². The van der Waals surface area contributed by atoms with Crippen LogP contribution in [0.15, 0.2) is 24.3 Å². The van der Waals surface area contributed by atoms with Gasteiger partial charge < -0.3 is 10.1 Å². The molecule has 146 valence electrons. The normalized spacial score (nSPS) is 22.6. The maximum Gasteiger partial charge on any atom is 0.338 e. The van der Waals surface area contributed by atoms with E-state index in [1.54, 1.807) is 23.7 Å². The summed E-state index contributed by atoms with van der Waals surface area (Å²) in [6, 6.07) is 7.25. The van der Waals surface area contributed by atoms with Gasteiger partial charge in [-0.15, -0.1) is 5.10 Å². The number of hydrogen-bond acceptors (Lipinski definition) is 6. The second-order valence-corrected chi connectivity index (χ2v) is 7.37. The van der Waals surface area contributed by atoms with Crippen LogP contribution >= 0.6 is 0 Å². The van der Waals surface area contributed by atoms with Crippen LogP contribution in [0.4, 0.5) is 0 Å². The molecular formula is C20H29N5O2. The second-order valence-electron chi connectivity index (χ2n) is 7.37. The maximum absolute atomic E-state index is 11.9. The third-order valence-electron chi connectivity index (χ3n) is 5.36. The molecule has 1 aliphatic rings. The molecule has 27 heavy (non-hydrogen) atoms. The van der Waals surface area contributed by atoms with E-state index in [-0.39, 0.29) is 11.5 Å². The molecule has 0 bridgehead atoms. The highest BCUT2D eigenvalue weighted by molar-refractivity contribution is 5.89. The largest absolute Gasteiger partial charge is 0.462 e. The first kappa shape index (κ1) is 19.5. The molecule has 0 saturated heterocycles. The van der Waals surface area contributed by atoms with Crippen LogP contribution in [0.5, 0.6) is 0 Å². The standard InChI is InChI=1S/C20H29N5O2/c1-4-14-21-20(12-10-15(3)11-13-20)19-22-23-24-25(19)17-8-6-16(7-9-17)18(26)27-5-2/h6-9,15,21H,4-5,10-14H2,1-3H3. The summed E-state index contributed by atoms with van der Waals surface area (Å²) in [5, 5.41) is 16.3. The monoisotopic (exact) mass is 371 g/mol. The number of nitrogens with one attached hydrogen (secondary N) is 1. The van der Waals surface area contributed by atoms with E-state index in [4.69, 9.17) is 4.74 Å². The van der Waals surface area contributed by atoms with E-state index in [9.17, 15) is 4.79 Å². The highest BCUT2D eigenvalue weighted by atomic mass is 16.5. The fourth-order valence-corrected chi connectivity index (χ4v) is 3.71. The third kappa shape index (κ3) is 4.18. The molecule has 0 radical (unpaired) electrons. The lowest BCUT2D eigenvalue weighted by Crippen LogP contribution is -2.47. The SMILES string of the molecule is CCCNC1(c2nnnn2-c2ccc(C(=O)OCC)cc2)CCC(C)CC1. The van der Waals surface area contributed by atoms with Gasteiger partial charge in [0, 0.05) is 0 Å². The Kier molecular flexibility index (Phi) is 6.21. The number of carbonyl (C=O) groups is 1. The van der Waals surface area contributed by atoms with Crippen molar-refractivity contribution in [2.75, 3.05) is 13.2 Å². The zero-order chi connectivity index (χ0) is 19.3. The van der Waals surface area contributed by atoms with Crippen molar-refractivity contribution >= 4 is 5.97 Å². The van der Waals surface area contributed by atoms with E-state index in [0.717, 1.165) is 56.1 Å². The third-order valence-corrected chi connectivity index (χ3v) is 5.36. The number of hydrogen-bond donors (Lipinski definition) is 1. The first-order valence-corrected chi connectivity index (χ1v) is 9.91. The van der Waals surface area contributed by atoms with Crippen molar-refractivity contribution in [3.63, 3.8) is 0 Å². The van der Waals surface area contributed by atoms with Crippen LogP contribution in [0.2, 0.25) is 0 Å². The highest BCUT2D eigenvalue weighted by Crippen LogP contribution is 2.39. The second kappa shape index (κ2) is 8.61. The minimum Gasteiger partial charge on any atom is -0.462 e. The molecule has 1 fully saturated rings. The predicted octanol–water partition coefficient (Wildman–Crippen LogP) is 3.24. The Morgan fingerprint density at radius 1 is 1.26 bits per heavy atom. The lowest BCUT2D eigenvalue weighted by molar-refractivity contribution is 0.0526. The quantitative estimate of drug-likeness (QED) is 0.753. The van der Waals surface area contributed by atoms with Gasteiger partial charge >= 0.3 is 5.97 Å². The summed E-state index contributed by atoms with van der Waals surface area (Å²) in [4.78, 5) is 11.9. The van der Waals surface area contributed by atoms with Gasteiger partial charge in [0.05, 0.1) is 23.4 Å². The maximum atomic E-state index is 11.9. The number of aromatic nitrogens is 4. The smallest absolute Gasteiger partial charge is 0.338 e. The number of esters is 1. The molecule has 7 nitrogen and oxygen atoms in total. The first-order valence-electron chi connectivity index (χ1n) is 9.91. The predicted molar refractivity (Wildman–Crippen MR) is 103 cm³/mol. The number of rotatable bonds is 7. The van der Waals surface area contributed by atoms with Gasteiger partial charge in [0.1, 0.15) is 0 Å². The van der Waals surface area contributed by atoms with Gasteiger partial charge in [0.2, 0.25) is 0 Å². The number of ether oxygens (including phenoxy) is 1. The Morgan fingerprint density at radius 3 is 2.59 bits per heavy atom. The minimum atomic E-state index is -0.316. The zero-order valence-electron chi connectivity index (χ0n) is 16.4. The molecule has 1 aromatic heterocycles. The molecule has 7 heteroatoms. The average Bonchev–Trinajstić information content (AvgIpc) is 3.19. The number of tetrazole rings is 1. The van der Waals surface area contributed by atoms with Gasteiger partial charge in [-0.25, -0.2) is 4.79 Å². The summed E-state index contributed by atoms with van der Waals surface area (Å²) < 4.78 is 6.85. The minimum absolute atomic E-state index is 0.203. The molecule has 1 saturated carbocycles. The molecule has 0 atom stereocenters. The molecule has 0 unspecified atom stereocenters. The Bertz CT molecular complexity index is 742. The van der Waals surface area contributed by atoms with Crippen molar-refractivity contribution in [2.45, 2.75) is 58.4 Å². The molecule has 0 aliphatic heterocycles. The van der Waals surface area contributed by atoms with Crippen LogP contribution in [0, 0.1) is 5.92 Å². The van der Waals surface area contributed by atoms with Gasteiger partial charge in [-0.1, -0.05) is 13.8 Å². The summed E-state index contributed by atoms with van der Waals surface area (Å²) in [6.45, 7) is 7.57. The molecular weight excluding hydrogens is 342 g/mol. The van der Waals surface area contributed by atoms with E-state index >= 15 is 0 Å². The lowest BCUT2D eigenvalue weighted by atomic mass is 9.76. The molecule has 2 aromatic rings. The van der Waals surface area contributed by atoms with Gasteiger partial charge in [-0.3, -0.25) is 0 Å². The van der Waals surface area contributed by atoms with Crippen molar-refractivity contribution in [3.05, 3.63) is 35.7 Å². The van der Waals surface area contributed by atoms with Crippen LogP contribution < -0.4 is 5.32 Å². The zero-order valence-corrected chi connectivity index (χ0v) is 16.4. The van der Waals surface area contributed by atoms with E-state index in [2.05, 4.69) is 34.7 Å². The molecule has 0 amide bonds. The van der Waals surface area contributed by atoms with Gasteiger partial charge in [-0.2, -0.15) is 4.68 Å². The van der Waals surface area contributed by atoms with Gasteiger partial charge in [0.15, 0.2) is 5.82 Å². The fraction of sp³-hybridized carbons (Fsp3) is 0.600. The van der Waals surface area contributed by atoms with Crippen molar-refractivity contribution in [1.29, 1.82) is 0 Å². The van der Waals surface area contributed by atoms with Crippen LogP contribution in [0.3, 0.4) is 0 Å². The van der Waals surface area contributed by atoms with Crippen molar-refractivity contribution in [1.82, 2.24) is 25.5 Å². The molecule has 1 heterocycles. The summed E-state index contributed by atoms with van der Waals surface area (Å²) >= 11 is 0. The molecule has 1 aliphatic carbocycles. The van der Waals surface area contributed by atoms with Crippen molar-refractivity contribution in [2.24, 2.45) is 5.92 Å². The van der Waals surface area contributed by atoms with E-state index in [0.29, 0.717) is 12.2 Å². The molecule has 1 aromatic carbocycles. The first-order chi connectivity index (χ1) is 13.1. The summed E-state index contributed by atoms with van der Waals surface area (Å²) in [5.41, 5.74) is 1.17. The van der Waals surface area contributed by atoms with Crippen molar-refractivity contribution < 1.29 is 9.53 Å². The van der Waals surface area contributed by atoms with E-state index < -0.39 is 0 Å². The topological polar surface area (TPSA) is 81.9 Å². The van der Waals surface area contributed by atoms with Crippen LogP contribution in [0.1, 0.15) is 69.1 Å². The van der Waals surface area contributed by atoms with Gasteiger partial charge in [0.25, 0.3) is 0 Å². The Labute approximate surface area is 160 Å². The average molecular weight is 371 g/mol. The highest BCUT2D eigenvalue weighted by Gasteiger charge is 2.40. The number of nitrogens with zero attached hydrogens (tertiary/aromatic N) is 4. The Morgan fingerprint density at radius 2 is 1.96 bits per heavy atom. The van der Waals surface area contributed by atoms with Crippen LogP contribution in [-0.4, -0.2) is 39.3 Å². The number of carbonyl (C=O) groups excluding carboxylic acids is 1. The summed E-state index contributed by atoms with van der Waals surface area (Å²) in [5.74, 6) is 1.27. The summed E-state index contributed by atoms with van der Waals surface area (Å²) in [6.07, 6.45) is 5.43. The molecule has 3 rings (SSSR count). The Balaban J connectivity index is 1.90. The number of benzene rings is 1. The molecule has 0 spiro atoms. The fourth-order valence-electron chi connectivity index (χ4n) is 3.71. The van der Waals surface area contributed by atoms with Gasteiger partial charge in [-0.05, 0) is 86.2 Å². The molecule has 1 N–H and O–H groups in total. The summed E-state index contributed by atoms with van der Waals surface area (Å²) in [7, 11) is 0. The lowest BCUT2D eigenvalue weighted by Gasteiger charge is -2.39.